The van der Waals surface area contributed by atoms with Gasteiger partial charge in [0.25, 0.3) is 23.0 Å². The SMILES string of the molecule is CNc1ccc(-c2ccc(NC(=O)c3cccc(C(C)=O)c3)c(O)c2)cc1O.CNc1ccc(Oc2ccc(NC(=O)c3cccc(C(C)=O)c3)c(C(O)(C(F)(F)F)C(F)(F)F)c2)cc1C(O)(C(F)(F)F)C(F)(F)F. The van der Waals surface area contributed by atoms with Crippen LogP contribution in [0.4, 0.5) is 75.4 Å². The first-order valence-corrected chi connectivity index (χ1v) is 21.2. The molecule has 6 aromatic carbocycles. The van der Waals surface area contributed by atoms with Gasteiger partial charge in [-0.1, -0.05) is 36.4 Å². The fraction of sp³-hybridized carbons (Fsp3) is 0.200. The molecule has 75 heavy (non-hydrogen) atoms. The molecule has 0 spiro atoms. The van der Waals surface area contributed by atoms with E-state index in [0.29, 0.717) is 46.6 Å². The minimum absolute atomic E-state index is 0.0100. The van der Waals surface area contributed by atoms with Crippen molar-refractivity contribution in [1.29, 1.82) is 0 Å². The van der Waals surface area contributed by atoms with Crippen LogP contribution in [-0.2, 0) is 11.2 Å². The number of benzene rings is 6. The lowest BCUT2D eigenvalue weighted by molar-refractivity contribution is -0.376. The largest absolute Gasteiger partial charge is 0.506 e. The highest BCUT2D eigenvalue weighted by atomic mass is 19.4. The Morgan fingerprint density at radius 3 is 1.12 bits per heavy atom. The number of phenols is 2. The number of halogens is 12. The zero-order valence-electron chi connectivity index (χ0n) is 38.9. The van der Waals surface area contributed by atoms with Gasteiger partial charge < -0.3 is 46.4 Å². The Morgan fingerprint density at radius 2 is 0.760 bits per heavy atom. The number of carbonyl (C=O) groups excluding carboxylic acids is 4. The molecule has 0 fully saturated rings. The molecule has 0 aromatic heterocycles. The molecule has 0 atom stereocenters. The first-order valence-electron chi connectivity index (χ1n) is 21.2. The normalized spacial score (nSPS) is 12.2. The minimum Gasteiger partial charge on any atom is -0.506 e. The number of phenolic OH excluding ortho intramolecular Hbond substituents is 2. The first-order chi connectivity index (χ1) is 34.7. The summed E-state index contributed by atoms with van der Waals surface area (Å²) in [6.07, 6.45) is -25.8. The molecule has 8 N–H and O–H groups in total. The van der Waals surface area contributed by atoms with Crippen LogP contribution in [0, 0.1) is 0 Å². The van der Waals surface area contributed by atoms with Gasteiger partial charge >= 0.3 is 24.7 Å². The number of nitrogens with one attached hydrogen (secondary N) is 4. The van der Waals surface area contributed by atoms with E-state index < -0.39 is 93.1 Å². The van der Waals surface area contributed by atoms with Gasteiger partial charge in [0, 0.05) is 58.9 Å². The second-order valence-corrected chi connectivity index (χ2v) is 16.1. The maximum absolute atomic E-state index is 13.9. The number of hydrogen-bond donors (Lipinski definition) is 8. The third-order valence-electron chi connectivity index (χ3n) is 11.1. The number of ketones is 2. The summed E-state index contributed by atoms with van der Waals surface area (Å²) >= 11 is 0. The van der Waals surface area contributed by atoms with Crippen molar-refractivity contribution >= 4 is 46.1 Å². The molecule has 13 nitrogen and oxygen atoms in total. The maximum Gasteiger partial charge on any atom is 0.430 e. The van der Waals surface area contributed by atoms with Crippen molar-refractivity contribution in [2.75, 3.05) is 35.4 Å². The van der Waals surface area contributed by atoms with Gasteiger partial charge in [0.15, 0.2) is 11.6 Å². The standard InChI is InChI=1S/C28H20F12N2O5.C22H20N2O4/c1-13(43)14-4-3-5-15(10-14)22(44)42-21-9-7-17(12-19(21)24(46,27(35,36)37)28(38,39)40)47-16-6-8-20(41-2)18(11-16)23(45,25(29,30)31)26(32,33)34;1-13(25)14-4-3-5-17(10-14)22(28)24-19-9-7-16(12-21(19)27)15-6-8-18(23-2)20(26)11-15/h3-12,41,45-46H,1-2H3,(H,42,44);3-12,23,26-27H,1-2H3,(H,24,28). The Kier molecular flexibility index (Phi) is 16.6. The lowest BCUT2D eigenvalue weighted by Crippen LogP contribution is -2.54. The highest BCUT2D eigenvalue weighted by Crippen LogP contribution is 2.55. The smallest absolute Gasteiger partial charge is 0.430 e. The van der Waals surface area contributed by atoms with E-state index in [1.807, 2.05) is 11.4 Å². The van der Waals surface area contributed by atoms with Gasteiger partial charge in [-0.05, 0) is 110 Å². The van der Waals surface area contributed by atoms with Crippen molar-refractivity contribution in [1.82, 2.24) is 0 Å². The number of rotatable bonds is 13. The zero-order chi connectivity index (χ0) is 56.2. The van der Waals surface area contributed by atoms with Gasteiger partial charge in [-0.3, -0.25) is 19.2 Å². The van der Waals surface area contributed by atoms with Crippen molar-refractivity contribution in [2.24, 2.45) is 0 Å². The quantitative estimate of drug-likeness (QED) is 0.0310. The van der Waals surface area contributed by atoms with Crippen LogP contribution in [0.25, 0.3) is 11.1 Å². The maximum atomic E-state index is 13.9. The van der Waals surface area contributed by atoms with E-state index in [9.17, 15) is 92.3 Å². The molecular weight excluding hydrogens is 1030 g/mol. The average molecular weight is 1070 g/mol. The lowest BCUT2D eigenvalue weighted by atomic mass is 9.90. The first kappa shape index (κ1) is 57.6. The number of ether oxygens (including phenoxy) is 1. The number of anilines is 4. The molecule has 398 valence electrons. The van der Waals surface area contributed by atoms with Crippen LogP contribution >= 0.6 is 0 Å². The van der Waals surface area contributed by atoms with E-state index in [2.05, 4.69) is 10.6 Å². The van der Waals surface area contributed by atoms with Gasteiger partial charge in [-0.25, -0.2) is 0 Å². The molecule has 0 unspecified atom stereocenters. The number of aliphatic hydroxyl groups is 2. The second-order valence-electron chi connectivity index (χ2n) is 16.1. The molecule has 0 aliphatic rings. The molecule has 6 aromatic rings. The summed E-state index contributed by atoms with van der Waals surface area (Å²) in [5, 5.41) is 49.5. The summed E-state index contributed by atoms with van der Waals surface area (Å²) in [5.41, 5.74) is -14.9. The van der Waals surface area contributed by atoms with Crippen molar-refractivity contribution in [2.45, 2.75) is 49.8 Å². The van der Waals surface area contributed by atoms with Gasteiger partial charge in [0.05, 0.1) is 11.4 Å². The van der Waals surface area contributed by atoms with Crippen molar-refractivity contribution in [3.63, 3.8) is 0 Å². The summed E-state index contributed by atoms with van der Waals surface area (Å²) in [7, 11) is 2.60. The molecular formula is C50H40F12N4O9. The zero-order valence-corrected chi connectivity index (χ0v) is 38.9. The second kappa shape index (κ2) is 21.6. The monoisotopic (exact) mass is 1070 g/mol. The average Bonchev–Trinajstić information content (AvgIpc) is 3.33. The molecule has 2 amide bonds. The van der Waals surface area contributed by atoms with Crippen LogP contribution in [-0.4, -0.2) is 82.6 Å². The van der Waals surface area contributed by atoms with Crippen molar-refractivity contribution < 1.29 is 97.0 Å². The van der Waals surface area contributed by atoms with E-state index >= 15 is 0 Å². The Morgan fingerprint density at radius 1 is 0.427 bits per heavy atom. The number of amides is 2. The molecule has 25 heteroatoms. The van der Waals surface area contributed by atoms with E-state index in [-0.39, 0.29) is 40.7 Å². The van der Waals surface area contributed by atoms with E-state index in [4.69, 9.17) is 4.74 Å². The van der Waals surface area contributed by atoms with Crippen LogP contribution < -0.4 is 26.0 Å². The molecule has 6 rings (SSSR count). The lowest BCUT2D eigenvalue weighted by Gasteiger charge is -2.34. The number of alkyl halides is 12. The Hall–Kier alpha value is -8.32. The summed E-state index contributed by atoms with van der Waals surface area (Å²) in [6.45, 7) is 2.53. The molecule has 0 saturated heterocycles. The summed E-state index contributed by atoms with van der Waals surface area (Å²) < 4.78 is 170. The third kappa shape index (κ3) is 12.2. The van der Waals surface area contributed by atoms with Gasteiger partial charge in [0.2, 0.25) is 0 Å². The predicted octanol–water partition coefficient (Wildman–Crippen LogP) is 11.9. The van der Waals surface area contributed by atoms with Gasteiger partial charge in [-0.15, -0.1) is 0 Å². The van der Waals surface area contributed by atoms with Crippen molar-refractivity contribution in [3.05, 3.63) is 155 Å². The van der Waals surface area contributed by atoms with Gasteiger partial charge in [-0.2, -0.15) is 52.7 Å². The van der Waals surface area contributed by atoms with Crippen LogP contribution in [0.5, 0.6) is 23.0 Å². The van der Waals surface area contributed by atoms with E-state index in [0.717, 1.165) is 31.7 Å². The topological polar surface area (TPSA) is 207 Å². The van der Waals surface area contributed by atoms with Crippen LogP contribution in [0.2, 0.25) is 0 Å². The number of aromatic hydroxyl groups is 2. The van der Waals surface area contributed by atoms with Crippen LogP contribution in [0.15, 0.2) is 121 Å². The highest BCUT2D eigenvalue weighted by Gasteiger charge is 2.73. The number of hydrogen-bond acceptors (Lipinski definition) is 11. The molecule has 0 radical (unpaired) electrons. The van der Waals surface area contributed by atoms with Gasteiger partial charge in [0.1, 0.15) is 23.0 Å². The molecule has 0 aliphatic carbocycles. The van der Waals surface area contributed by atoms with Crippen LogP contribution in [0.1, 0.15) is 66.4 Å². The Balaban J connectivity index is 0.000000314. The van der Waals surface area contributed by atoms with Crippen molar-refractivity contribution in [3.8, 4) is 34.1 Å². The Bertz CT molecular complexity index is 3110. The molecule has 0 saturated carbocycles. The van der Waals surface area contributed by atoms with Crippen LogP contribution in [0.3, 0.4) is 0 Å². The summed E-state index contributed by atoms with van der Waals surface area (Å²) in [5.74, 6) is -4.61. The van der Waals surface area contributed by atoms with E-state index in [1.54, 1.807) is 54.8 Å². The van der Waals surface area contributed by atoms with E-state index in [1.165, 1.54) is 31.2 Å². The third-order valence-corrected chi connectivity index (χ3v) is 11.1. The molecule has 0 heterocycles. The highest BCUT2D eigenvalue weighted by molar-refractivity contribution is 6.07. The molecule has 0 aliphatic heterocycles. The Labute approximate surface area is 416 Å². The fourth-order valence-corrected chi connectivity index (χ4v) is 7.06. The summed E-state index contributed by atoms with van der Waals surface area (Å²) in [6, 6.07) is 22.8. The molecule has 0 bridgehead atoms. The fourth-order valence-electron chi connectivity index (χ4n) is 7.06. The predicted molar refractivity (Wildman–Crippen MR) is 248 cm³/mol. The number of Topliss-reactive ketones (excluding diaryl/α,β-unsaturated/α-hetero) is 2. The number of carbonyl (C=O) groups is 4. The summed E-state index contributed by atoms with van der Waals surface area (Å²) in [4.78, 5) is 48.3. The minimum atomic E-state index is -6.53.